The fraction of sp³-hybridized carbons (Fsp3) is 0.182. The zero-order valence-electron chi connectivity index (χ0n) is 8.81. The Morgan fingerprint density at radius 2 is 1.94 bits per heavy atom. The molecule has 0 spiro atoms. The van der Waals surface area contributed by atoms with E-state index in [1.54, 1.807) is 12.1 Å². The first kappa shape index (κ1) is 10.5. The predicted molar refractivity (Wildman–Crippen MR) is 59.4 cm³/mol. The van der Waals surface area contributed by atoms with Crippen LogP contribution in [-0.2, 0) is 0 Å². The van der Waals surface area contributed by atoms with Crippen LogP contribution in [0.25, 0.3) is 11.4 Å². The second kappa shape index (κ2) is 4.65. The molecule has 0 fully saturated rings. The smallest absolute Gasteiger partial charge is 0.148 e. The number of hydrogen-bond donors (Lipinski definition) is 1. The van der Waals surface area contributed by atoms with Gasteiger partial charge in [0.1, 0.15) is 17.3 Å². The second-order valence-electron chi connectivity index (χ2n) is 3.20. The zero-order valence-corrected chi connectivity index (χ0v) is 8.81. The molecular weight excluding hydrogens is 207 g/mol. The highest BCUT2D eigenvalue weighted by molar-refractivity contribution is 5.54. The van der Waals surface area contributed by atoms with Crippen LogP contribution >= 0.6 is 0 Å². The van der Waals surface area contributed by atoms with Gasteiger partial charge in [0.15, 0.2) is 0 Å². The zero-order chi connectivity index (χ0) is 11.4. The Labute approximate surface area is 92.6 Å². The first-order chi connectivity index (χ1) is 7.79. The molecule has 0 aliphatic heterocycles. The maximum atomic E-state index is 12.7. The van der Waals surface area contributed by atoms with Crippen molar-refractivity contribution in [1.29, 1.82) is 0 Å². The maximum Gasteiger partial charge on any atom is 0.148 e. The third kappa shape index (κ3) is 2.31. The van der Waals surface area contributed by atoms with E-state index in [9.17, 15) is 4.39 Å². The largest absolute Gasteiger partial charge is 0.369 e. The van der Waals surface area contributed by atoms with Crippen LogP contribution in [0.4, 0.5) is 10.2 Å². The average Bonchev–Trinajstić information content (AvgIpc) is 2.32. The molecule has 0 atom stereocenters. The van der Waals surface area contributed by atoms with Gasteiger partial charge in [-0.25, -0.2) is 4.39 Å². The summed E-state index contributed by atoms with van der Waals surface area (Å²) >= 11 is 0. The number of pyridine rings is 1. The maximum absolute atomic E-state index is 12.7. The molecule has 0 saturated heterocycles. The Kier molecular flexibility index (Phi) is 3.05. The van der Waals surface area contributed by atoms with Gasteiger partial charge in [-0.1, -0.05) is 0 Å². The van der Waals surface area contributed by atoms with Crippen molar-refractivity contribution in [3.05, 3.63) is 36.3 Å². The Balaban J connectivity index is 2.24. The molecule has 1 N–H and O–H groups in total. The molecule has 5 heteroatoms. The van der Waals surface area contributed by atoms with Gasteiger partial charge >= 0.3 is 0 Å². The molecule has 0 aliphatic rings. The Bertz CT molecular complexity index is 452. The average molecular weight is 218 g/mol. The fourth-order valence-electron chi connectivity index (χ4n) is 1.27. The van der Waals surface area contributed by atoms with Crippen molar-refractivity contribution in [2.75, 3.05) is 11.9 Å². The van der Waals surface area contributed by atoms with Crippen molar-refractivity contribution in [2.24, 2.45) is 0 Å². The van der Waals surface area contributed by atoms with E-state index >= 15 is 0 Å². The fourth-order valence-corrected chi connectivity index (χ4v) is 1.27. The van der Waals surface area contributed by atoms with E-state index in [1.807, 2.05) is 13.0 Å². The summed E-state index contributed by atoms with van der Waals surface area (Å²) in [7, 11) is 0. The van der Waals surface area contributed by atoms with E-state index in [0.29, 0.717) is 17.2 Å². The van der Waals surface area contributed by atoms with Gasteiger partial charge in [0.05, 0.1) is 11.9 Å². The van der Waals surface area contributed by atoms with E-state index in [-0.39, 0.29) is 5.82 Å². The van der Waals surface area contributed by atoms with Gasteiger partial charge < -0.3 is 5.32 Å². The summed E-state index contributed by atoms with van der Waals surface area (Å²) in [6.45, 7) is 2.78. The SMILES string of the molecule is CCNc1ccc(-c2ccc(F)cn2)nn1. The molecule has 2 heterocycles. The van der Waals surface area contributed by atoms with Crippen LogP contribution < -0.4 is 5.32 Å². The minimum absolute atomic E-state index is 0.360. The van der Waals surface area contributed by atoms with Crippen LogP contribution in [-0.4, -0.2) is 21.7 Å². The van der Waals surface area contributed by atoms with E-state index in [1.165, 1.54) is 6.07 Å². The van der Waals surface area contributed by atoms with Crippen molar-refractivity contribution >= 4 is 5.82 Å². The molecule has 4 nitrogen and oxygen atoms in total. The quantitative estimate of drug-likeness (QED) is 0.857. The highest BCUT2D eigenvalue weighted by atomic mass is 19.1. The number of nitrogens with one attached hydrogen (secondary N) is 1. The summed E-state index contributed by atoms with van der Waals surface area (Å²) < 4.78 is 12.7. The van der Waals surface area contributed by atoms with E-state index < -0.39 is 0 Å². The number of nitrogens with zero attached hydrogens (tertiary/aromatic N) is 3. The lowest BCUT2D eigenvalue weighted by atomic mass is 10.2. The van der Waals surface area contributed by atoms with Crippen molar-refractivity contribution < 1.29 is 4.39 Å². The van der Waals surface area contributed by atoms with Crippen LogP contribution in [0.1, 0.15) is 6.92 Å². The van der Waals surface area contributed by atoms with Crippen LogP contribution in [0, 0.1) is 5.82 Å². The standard InChI is InChI=1S/C11H11FN4/c1-2-13-11-6-5-10(15-16-11)9-4-3-8(12)7-14-9/h3-7H,2H2,1H3,(H,13,16). The summed E-state index contributed by atoms with van der Waals surface area (Å²) in [5.41, 5.74) is 1.23. The highest BCUT2D eigenvalue weighted by Gasteiger charge is 2.02. The monoisotopic (exact) mass is 218 g/mol. The van der Waals surface area contributed by atoms with Crippen LogP contribution in [0.3, 0.4) is 0 Å². The third-order valence-corrected chi connectivity index (χ3v) is 2.01. The molecule has 0 amide bonds. The van der Waals surface area contributed by atoms with Gasteiger partial charge in [0, 0.05) is 6.54 Å². The number of anilines is 1. The number of aromatic nitrogens is 3. The predicted octanol–water partition coefficient (Wildman–Crippen LogP) is 2.11. The van der Waals surface area contributed by atoms with Gasteiger partial charge in [-0.05, 0) is 31.2 Å². The van der Waals surface area contributed by atoms with Crippen molar-refractivity contribution in [3.63, 3.8) is 0 Å². The summed E-state index contributed by atoms with van der Waals surface area (Å²) in [4.78, 5) is 3.93. The summed E-state index contributed by atoms with van der Waals surface area (Å²) in [5, 5.41) is 11.0. The Hall–Kier alpha value is -2.04. The number of hydrogen-bond acceptors (Lipinski definition) is 4. The van der Waals surface area contributed by atoms with Gasteiger partial charge in [-0.2, -0.15) is 0 Å². The molecule has 2 rings (SSSR count). The number of rotatable bonds is 3. The van der Waals surface area contributed by atoms with Gasteiger partial charge in [0.2, 0.25) is 0 Å². The van der Waals surface area contributed by atoms with Gasteiger partial charge in [-0.15, -0.1) is 10.2 Å². The molecule has 16 heavy (non-hydrogen) atoms. The lowest BCUT2D eigenvalue weighted by Gasteiger charge is -2.02. The van der Waals surface area contributed by atoms with E-state index in [0.717, 1.165) is 12.7 Å². The van der Waals surface area contributed by atoms with Crippen LogP contribution in [0.5, 0.6) is 0 Å². The van der Waals surface area contributed by atoms with Gasteiger partial charge in [-0.3, -0.25) is 4.98 Å². The van der Waals surface area contributed by atoms with Crippen LogP contribution in [0.15, 0.2) is 30.5 Å². The first-order valence-electron chi connectivity index (χ1n) is 4.99. The molecule has 0 radical (unpaired) electrons. The van der Waals surface area contributed by atoms with Crippen molar-refractivity contribution in [2.45, 2.75) is 6.92 Å². The van der Waals surface area contributed by atoms with E-state index in [2.05, 4.69) is 20.5 Å². The molecule has 0 saturated carbocycles. The summed E-state index contributed by atoms with van der Waals surface area (Å²) in [6.07, 6.45) is 1.16. The van der Waals surface area contributed by atoms with E-state index in [4.69, 9.17) is 0 Å². The Morgan fingerprint density at radius 3 is 2.50 bits per heavy atom. The van der Waals surface area contributed by atoms with Crippen LogP contribution in [0.2, 0.25) is 0 Å². The normalized spacial score (nSPS) is 10.1. The molecule has 0 unspecified atom stereocenters. The number of halogens is 1. The molecule has 0 aromatic carbocycles. The van der Waals surface area contributed by atoms with Gasteiger partial charge in [0.25, 0.3) is 0 Å². The first-order valence-corrected chi connectivity index (χ1v) is 4.99. The Morgan fingerprint density at radius 1 is 1.12 bits per heavy atom. The lowest BCUT2D eigenvalue weighted by Crippen LogP contribution is -2.00. The lowest BCUT2D eigenvalue weighted by molar-refractivity contribution is 0.621. The van der Waals surface area contributed by atoms with Crippen molar-refractivity contribution in [1.82, 2.24) is 15.2 Å². The molecule has 2 aromatic rings. The molecule has 0 bridgehead atoms. The third-order valence-electron chi connectivity index (χ3n) is 2.01. The molecule has 0 aliphatic carbocycles. The van der Waals surface area contributed by atoms with Crippen molar-refractivity contribution in [3.8, 4) is 11.4 Å². The second-order valence-corrected chi connectivity index (χ2v) is 3.20. The topological polar surface area (TPSA) is 50.7 Å². The molecular formula is C11H11FN4. The minimum Gasteiger partial charge on any atom is -0.369 e. The summed E-state index contributed by atoms with van der Waals surface area (Å²) in [6, 6.07) is 6.54. The highest BCUT2D eigenvalue weighted by Crippen LogP contribution is 2.14. The minimum atomic E-state index is -0.360. The summed E-state index contributed by atoms with van der Waals surface area (Å²) in [5.74, 6) is 0.356. The molecule has 2 aromatic heterocycles. The molecule has 82 valence electrons.